The molecule has 0 aliphatic rings. The zero-order chi connectivity index (χ0) is 20.9. The van der Waals surface area contributed by atoms with E-state index >= 15 is 0 Å². The number of hydrogen-bond acceptors (Lipinski definition) is 6. The third-order valence-electron chi connectivity index (χ3n) is 4.80. The van der Waals surface area contributed by atoms with Crippen molar-refractivity contribution in [2.45, 2.75) is 33.1 Å². The number of hydrogen-bond donors (Lipinski definition) is 2. The first-order valence-corrected chi connectivity index (χ1v) is 10.4. The van der Waals surface area contributed by atoms with Crippen LogP contribution < -0.4 is 10.6 Å². The zero-order valence-corrected chi connectivity index (χ0v) is 17.7. The van der Waals surface area contributed by atoms with E-state index in [1.54, 1.807) is 12.4 Å². The lowest BCUT2D eigenvalue weighted by Crippen LogP contribution is -2.04. The Hall–Kier alpha value is -3.25. The minimum atomic E-state index is 0.457. The van der Waals surface area contributed by atoms with E-state index in [2.05, 4.69) is 49.6 Å². The quantitative estimate of drug-likeness (QED) is 0.371. The summed E-state index contributed by atoms with van der Waals surface area (Å²) in [5, 5.41) is 7.32. The number of unbranched alkanes of at least 4 members (excludes halogenated alkanes) is 1. The lowest BCUT2D eigenvalue weighted by atomic mass is 10.1. The molecule has 4 aromatic rings. The Labute approximate surface area is 180 Å². The van der Waals surface area contributed by atoms with E-state index in [9.17, 15) is 0 Å². The predicted molar refractivity (Wildman–Crippen MR) is 123 cm³/mol. The zero-order valence-electron chi connectivity index (χ0n) is 17.0. The molecule has 0 spiro atoms. The number of aromatic nitrogens is 4. The summed E-state index contributed by atoms with van der Waals surface area (Å²) in [4.78, 5) is 17.9. The molecule has 0 radical (unpaired) electrons. The van der Waals surface area contributed by atoms with Gasteiger partial charge in [-0.25, -0.2) is 9.97 Å². The van der Waals surface area contributed by atoms with Crippen molar-refractivity contribution >= 4 is 45.9 Å². The summed E-state index contributed by atoms with van der Waals surface area (Å²) in [7, 11) is 0. The standard InChI is InChI=1S/C23H23ClN6/c1-3-4-5-16-6-9-18(10-7-16)27-23-29-21-20(25-12-13-26-21)22(30-23)28-19-11-8-17(24)14-15(19)2/h6-14H,3-5H2,1-2H3,(H2,26,27,28,29,30). The van der Waals surface area contributed by atoms with E-state index in [0.29, 0.717) is 28.0 Å². The second kappa shape index (κ2) is 9.05. The Morgan fingerprint density at radius 1 is 0.933 bits per heavy atom. The van der Waals surface area contributed by atoms with Crippen molar-refractivity contribution in [1.29, 1.82) is 0 Å². The summed E-state index contributed by atoms with van der Waals surface area (Å²) in [6.07, 6.45) is 6.73. The summed E-state index contributed by atoms with van der Waals surface area (Å²) in [5.74, 6) is 1.04. The second-order valence-corrected chi connectivity index (χ2v) is 7.57. The molecule has 0 unspecified atom stereocenters. The van der Waals surface area contributed by atoms with Crippen LogP contribution in [0.5, 0.6) is 0 Å². The minimum absolute atomic E-state index is 0.457. The summed E-state index contributed by atoms with van der Waals surface area (Å²) in [6.45, 7) is 4.19. The number of halogens is 1. The van der Waals surface area contributed by atoms with E-state index in [4.69, 9.17) is 11.6 Å². The molecule has 0 saturated carbocycles. The van der Waals surface area contributed by atoms with E-state index in [1.165, 1.54) is 18.4 Å². The number of nitrogens with one attached hydrogen (secondary N) is 2. The average molecular weight is 419 g/mol. The fourth-order valence-corrected chi connectivity index (χ4v) is 3.39. The molecule has 2 aromatic heterocycles. The molecule has 2 heterocycles. The highest BCUT2D eigenvalue weighted by atomic mass is 35.5. The molecular formula is C23H23ClN6. The SMILES string of the molecule is CCCCc1ccc(Nc2nc(Nc3ccc(Cl)cc3C)c3nccnc3n2)cc1. The maximum Gasteiger partial charge on any atom is 0.231 e. The van der Waals surface area contributed by atoms with Gasteiger partial charge in [0.05, 0.1) is 0 Å². The second-order valence-electron chi connectivity index (χ2n) is 7.13. The largest absolute Gasteiger partial charge is 0.338 e. The van der Waals surface area contributed by atoms with Crippen molar-refractivity contribution in [1.82, 2.24) is 19.9 Å². The van der Waals surface area contributed by atoms with Gasteiger partial charge in [0.2, 0.25) is 5.95 Å². The molecule has 30 heavy (non-hydrogen) atoms. The number of anilines is 4. The number of rotatable bonds is 7. The van der Waals surface area contributed by atoms with Gasteiger partial charge in [-0.2, -0.15) is 9.97 Å². The lowest BCUT2D eigenvalue weighted by Gasteiger charge is -2.13. The highest BCUT2D eigenvalue weighted by Gasteiger charge is 2.12. The molecule has 0 fully saturated rings. The van der Waals surface area contributed by atoms with E-state index in [1.807, 2.05) is 37.3 Å². The molecule has 0 bridgehead atoms. The van der Waals surface area contributed by atoms with Crippen LogP contribution >= 0.6 is 11.6 Å². The van der Waals surface area contributed by atoms with Crippen LogP contribution in [0.2, 0.25) is 5.02 Å². The number of nitrogens with zero attached hydrogens (tertiary/aromatic N) is 4. The lowest BCUT2D eigenvalue weighted by molar-refractivity contribution is 0.795. The van der Waals surface area contributed by atoms with Gasteiger partial charge in [0.25, 0.3) is 0 Å². The van der Waals surface area contributed by atoms with Crippen LogP contribution in [0, 0.1) is 6.92 Å². The Kier molecular flexibility index (Phi) is 6.05. The highest BCUT2D eigenvalue weighted by Crippen LogP contribution is 2.27. The van der Waals surface area contributed by atoms with Gasteiger partial charge in [-0.3, -0.25) is 0 Å². The first kappa shape index (κ1) is 20.0. The predicted octanol–water partition coefficient (Wildman–Crippen LogP) is 6.21. The molecule has 7 heteroatoms. The highest BCUT2D eigenvalue weighted by molar-refractivity contribution is 6.30. The van der Waals surface area contributed by atoms with E-state index < -0.39 is 0 Å². The monoisotopic (exact) mass is 418 g/mol. The topological polar surface area (TPSA) is 75.6 Å². The molecule has 4 rings (SSSR count). The van der Waals surface area contributed by atoms with Gasteiger partial charge in [-0.15, -0.1) is 0 Å². The van der Waals surface area contributed by atoms with Gasteiger partial charge in [0, 0.05) is 28.8 Å². The first-order chi connectivity index (χ1) is 14.6. The third kappa shape index (κ3) is 4.66. The minimum Gasteiger partial charge on any atom is -0.338 e. The summed E-state index contributed by atoms with van der Waals surface area (Å²) < 4.78 is 0. The van der Waals surface area contributed by atoms with E-state index in [0.717, 1.165) is 23.4 Å². The smallest absolute Gasteiger partial charge is 0.231 e. The van der Waals surface area contributed by atoms with Gasteiger partial charge in [0.1, 0.15) is 0 Å². The van der Waals surface area contributed by atoms with Gasteiger partial charge < -0.3 is 10.6 Å². The fraction of sp³-hybridized carbons (Fsp3) is 0.217. The average Bonchev–Trinajstić information content (AvgIpc) is 2.75. The Morgan fingerprint density at radius 2 is 1.73 bits per heavy atom. The Morgan fingerprint density at radius 3 is 2.50 bits per heavy atom. The first-order valence-electron chi connectivity index (χ1n) is 10.0. The third-order valence-corrected chi connectivity index (χ3v) is 5.04. The molecular weight excluding hydrogens is 396 g/mol. The van der Waals surface area contributed by atoms with Crippen LogP contribution in [-0.2, 0) is 6.42 Å². The van der Waals surface area contributed by atoms with Gasteiger partial charge in [-0.05, 0) is 61.2 Å². The van der Waals surface area contributed by atoms with Crippen LogP contribution in [0.3, 0.4) is 0 Å². The molecule has 0 saturated heterocycles. The van der Waals surface area contributed by atoms with Crippen molar-refractivity contribution in [3.05, 3.63) is 71.0 Å². The molecule has 0 amide bonds. The van der Waals surface area contributed by atoms with Crippen molar-refractivity contribution in [3.63, 3.8) is 0 Å². The molecule has 2 N–H and O–H groups in total. The van der Waals surface area contributed by atoms with Crippen molar-refractivity contribution < 1.29 is 0 Å². The number of fused-ring (bicyclic) bond motifs is 1. The number of aryl methyl sites for hydroxylation is 2. The van der Waals surface area contributed by atoms with Crippen molar-refractivity contribution in [3.8, 4) is 0 Å². The molecule has 6 nitrogen and oxygen atoms in total. The van der Waals surface area contributed by atoms with Gasteiger partial charge in [0.15, 0.2) is 17.0 Å². The fourth-order valence-electron chi connectivity index (χ4n) is 3.17. The molecule has 2 aromatic carbocycles. The van der Waals surface area contributed by atoms with Crippen LogP contribution in [0.25, 0.3) is 11.2 Å². The van der Waals surface area contributed by atoms with E-state index in [-0.39, 0.29) is 0 Å². The van der Waals surface area contributed by atoms with Crippen molar-refractivity contribution in [2.75, 3.05) is 10.6 Å². The summed E-state index contributed by atoms with van der Waals surface area (Å²) >= 11 is 6.08. The Bertz CT molecular complexity index is 1160. The molecule has 0 aliphatic heterocycles. The Balaban J connectivity index is 1.64. The van der Waals surface area contributed by atoms with Gasteiger partial charge >= 0.3 is 0 Å². The maximum absolute atomic E-state index is 6.08. The summed E-state index contributed by atoms with van der Waals surface area (Å²) in [5.41, 5.74) is 5.28. The van der Waals surface area contributed by atoms with Crippen LogP contribution in [0.15, 0.2) is 54.9 Å². The molecule has 0 aliphatic carbocycles. The molecule has 152 valence electrons. The van der Waals surface area contributed by atoms with Crippen molar-refractivity contribution in [2.24, 2.45) is 0 Å². The normalized spacial score (nSPS) is 10.9. The maximum atomic E-state index is 6.08. The van der Waals surface area contributed by atoms with Gasteiger partial charge in [-0.1, -0.05) is 37.1 Å². The van der Waals surface area contributed by atoms with Crippen LogP contribution in [-0.4, -0.2) is 19.9 Å². The number of benzene rings is 2. The summed E-state index contributed by atoms with van der Waals surface area (Å²) in [6, 6.07) is 14.0. The van der Waals surface area contributed by atoms with Crippen LogP contribution in [0.4, 0.5) is 23.1 Å². The van der Waals surface area contributed by atoms with Crippen LogP contribution in [0.1, 0.15) is 30.9 Å². The molecule has 0 atom stereocenters.